The Morgan fingerprint density at radius 1 is 1.54 bits per heavy atom. The Hall–Kier alpha value is -1.67. The van der Waals surface area contributed by atoms with E-state index in [0.717, 1.165) is 12.2 Å². The summed E-state index contributed by atoms with van der Waals surface area (Å²) in [5, 5.41) is 3.49. The van der Waals surface area contributed by atoms with Gasteiger partial charge in [0.2, 0.25) is 0 Å². The molecule has 0 aromatic heterocycles. The number of nitrogens with zero attached hydrogens (tertiary/aromatic N) is 3. The lowest BCUT2D eigenvalue weighted by Gasteiger charge is -2.05. The molecule has 0 aliphatic carbocycles. The number of para-hydroxylation sites is 1. The van der Waals surface area contributed by atoms with Crippen LogP contribution in [0.3, 0.4) is 0 Å². The zero-order chi connectivity index (χ0) is 9.10. The Morgan fingerprint density at radius 2 is 2.38 bits per heavy atom. The minimum Gasteiger partial charge on any atom is -0.490 e. The molecule has 66 valence electrons. The maximum Gasteiger partial charge on any atom is 0.123 e. The van der Waals surface area contributed by atoms with Gasteiger partial charge in [-0.1, -0.05) is 23.3 Å². The fraction of sp³-hybridized carbons (Fsp3) is 0.333. The van der Waals surface area contributed by atoms with Gasteiger partial charge in [0.15, 0.2) is 0 Å². The van der Waals surface area contributed by atoms with Crippen molar-refractivity contribution in [3.05, 3.63) is 40.3 Å². The number of benzene rings is 1. The third-order valence-corrected chi connectivity index (χ3v) is 2.06. The van der Waals surface area contributed by atoms with Crippen LogP contribution in [0.25, 0.3) is 10.4 Å². The Morgan fingerprint density at radius 3 is 3.15 bits per heavy atom. The molecular formula is C9H9N3O. The zero-order valence-corrected chi connectivity index (χ0v) is 7.05. The van der Waals surface area contributed by atoms with Gasteiger partial charge in [-0.05, 0) is 17.2 Å². The Labute approximate surface area is 75.8 Å². The molecule has 1 aliphatic rings. The molecule has 1 aromatic rings. The Bertz CT molecular complexity index is 333. The Balaban J connectivity index is 2.09. The second-order valence-corrected chi connectivity index (χ2v) is 2.97. The fourth-order valence-corrected chi connectivity index (χ4v) is 1.48. The maximum atomic E-state index is 8.15. The van der Waals surface area contributed by atoms with E-state index in [1.54, 1.807) is 0 Å². The van der Waals surface area contributed by atoms with E-state index in [0.29, 0.717) is 6.54 Å². The topological polar surface area (TPSA) is 58.0 Å². The van der Waals surface area contributed by atoms with E-state index in [2.05, 4.69) is 10.0 Å². The van der Waals surface area contributed by atoms with Crippen molar-refractivity contribution in [1.82, 2.24) is 0 Å². The molecule has 0 saturated heterocycles. The normalized spacial score (nSPS) is 18.6. The lowest BCUT2D eigenvalue weighted by atomic mass is 10.1. The molecule has 1 aliphatic heterocycles. The smallest absolute Gasteiger partial charge is 0.123 e. The monoisotopic (exact) mass is 175 g/mol. The summed E-state index contributed by atoms with van der Waals surface area (Å²) in [5.41, 5.74) is 9.34. The van der Waals surface area contributed by atoms with E-state index in [4.69, 9.17) is 10.3 Å². The second-order valence-electron chi connectivity index (χ2n) is 2.97. The van der Waals surface area contributed by atoms with Crippen LogP contribution in [0.5, 0.6) is 5.75 Å². The molecule has 0 radical (unpaired) electrons. The SMILES string of the molecule is [N-]=[N+]=NCC1Cc2ccccc2O1. The first-order valence-corrected chi connectivity index (χ1v) is 4.15. The van der Waals surface area contributed by atoms with E-state index in [-0.39, 0.29) is 6.10 Å². The van der Waals surface area contributed by atoms with Crippen LogP contribution in [-0.4, -0.2) is 12.6 Å². The first kappa shape index (κ1) is 7.95. The van der Waals surface area contributed by atoms with Gasteiger partial charge >= 0.3 is 0 Å². The highest BCUT2D eigenvalue weighted by Gasteiger charge is 2.20. The van der Waals surface area contributed by atoms with Gasteiger partial charge in [0.05, 0.1) is 6.54 Å². The molecule has 0 bridgehead atoms. The number of ether oxygens (including phenoxy) is 1. The number of fused-ring (bicyclic) bond motifs is 1. The van der Waals surface area contributed by atoms with Crippen molar-refractivity contribution in [2.75, 3.05) is 6.54 Å². The van der Waals surface area contributed by atoms with Crippen molar-refractivity contribution >= 4 is 0 Å². The molecule has 1 aromatic carbocycles. The van der Waals surface area contributed by atoms with Crippen molar-refractivity contribution in [3.8, 4) is 5.75 Å². The van der Waals surface area contributed by atoms with Gasteiger partial charge in [-0.2, -0.15) is 0 Å². The average Bonchev–Trinajstić information content (AvgIpc) is 2.57. The van der Waals surface area contributed by atoms with Crippen molar-refractivity contribution in [1.29, 1.82) is 0 Å². The molecule has 1 heterocycles. The highest BCUT2D eigenvalue weighted by molar-refractivity contribution is 5.37. The summed E-state index contributed by atoms with van der Waals surface area (Å²) < 4.78 is 5.54. The van der Waals surface area contributed by atoms with E-state index < -0.39 is 0 Å². The molecular weight excluding hydrogens is 166 g/mol. The molecule has 4 heteroatoms. The molecule has 1 unspecified atom stereocenters. The number of hydrogen-bond donors (Lipinski definition) is 0. The third-order valence-electron chi connectivity index (χ3n) is 2.06. The van der Waals surface area contributed by atoms with Gasteiger partial charge in [-0.3, -0.25) is 0 Å². The molecule has 0 spiro atoms. The average molecular weight is 175 g/mol. The molecule has 13 heavy (non-hydrogen) atoms. The van der Waals surface area contributed by atoms with Crippen LogP contribution in [0.15, 0.2) is 29.4 Å². The zero-order valence-electron chi connectivity index (χ0n) is 7.05. The van der Waals surface area contributed by atoms with Crippen molar-refractivity contribution in [3.63, 3.8) is 0 Å². The predicted octanol–water partition coefficient (Wildman–Crippen LogP) is 2.30. The van der Waals surface area contributed by atoms with Crippen LogP contribution < -0.4 is 4.74 Å². The van der Waals surface area contributed by atoms with Crippen LogP contribution in [0.1, 0.15) is 5.56 Å². The summed E-state index contributed by atoms with van der Waals surface area (Å²) >= 11 is 0. The molecule has 0 fully saturated rings. The van der Waals surface area contributed by atoms with Gasteiger partial charge in [0.25, 0.3) is 0 Å². The van der Waals surface area contributed by atoms with Gasteiger partial charge in [-0.15, -0.1) is 0 Å². The Kier molecular flexibility index (Phi) is 2.06. The minimum atomic E-state index is 0.0216. The molecule has 2 rings (SSSR count). The van der Waals surface area contributed by atoms with E-state index >= 15 is 0 Å². The largest absolute Gasteiger partial charge is 0.490 e. The highest BCUT2D eigenvalue weighted by atomic mass is 16.5. The summed E-state index contributed by atoms with van der Waals surface area (Å²) in [6.45, 7) is 0.408. The number of azide groups is 1. The molecule has 0 saturated carbocycles. The highest BCUT2D eigenvalue weighted by Crippen LogP contribution is 2.27. The summed E-state index contributed by atoms with van der Waals surface area (Å²) in [4.78, 5) is 2.71. The van der Waals surface area contributed by atoms with Crippen LogP contribution in [0.4, 0.5) is 0 Å². The van der Waals surface area contributed by atoms with Gasteiger partial charge < -0.3 is 4.74 Å². The predicted molar refractivity (Wildman–Crippen MR) is 48.6 cm³/mol. The molecule has 1 atom stereocenters. The summed E-state index contributed by atoms with van der Waals surface area (Å²) in [5.74, 6) is 0.917. The quantitative estimate of drug-likeness (QED) is 0.386. The first-order valence-electron chi connectivity index (χ1n) is 4.15. The fourth-order valence-electron chi connectivity index (χ4n) is 1.48. The van der Waals surface area contributed by atoms with Crippen LogP contribution in [-0.2, 0) is 6.42 Å². The number of hydrogen-bond acceptors (Lipinski definition) is 2. The standard InChI is InChI=1S/C9H9N3O/c10-12-11-6-8-5-7-3-1-2-4-9(7)13-8/h1-4,8H,5-6H2. The van der Waals surface area contributed by atoms with E-state index in [1.165, 1.54) is 5.56 Å². The molecule has 0 amide bonds. The van der Waals surface area contributed by atoms with Gasteiger partial charge in [-0.25, -0.2) is 0 Å². The van der Waals surface area contributed by atoms with Crippen molar-refractivity contribution in [2.45, 2.75) is 12.5 Å². The molecule has 0 N–H and O–H groups in total. The van der Waals surface area contributed by atoms with Gasteiger partial charge in [0.1, 0.15) is 11.9 Å². The summed E-state index contributed by atoms with van der Waals surface area (Å²) in [7, 11) is 0. The lowest BCUT2D eigenvalue weighted by Crippen LogP contribution is -2.16. The van der Waals surface area contributed by atoms with E-state index in [1.807, 2.05) is 24.3 Å². The lowest BCUT2D eigenvalue weighted by molar-refractivity contribution is 0.241. The molecule has 4 nitrogen and oxygen atoms in total. The summed E-state index contributed by atoms with van der Waals surface area (Å²) in [6.07, 6.45) is 0.864. The van der Waals surface area contributed by atoms with E-state index in [9.17, 15) is 0 Å². The van der Waals surface area contributed by atoms with Crippen LogP contribution >= 0.6 is 0 Å². The van der Waals surface area contributed by atoms with Crippen LogP contribution in [0, 0.1) is 0 Å². The van der Waals surface area contributed by atoms with Crippen molar-refractivity contribution in [2.24, 2.45) is 5.11 Å². The van der Waals surface area contributed by atoms with Crippen molar-refractivity contribution < 1.29 is 4.74 Å². The summed E-state index contributed by atoms with van der Waals surface area (Å²) in [6, 6.07) is 7.89. The first-order chi connectivity index (χ1) is 6.40. The van der Waals surface area contributed by atoms with Gasteiger partial charge in [0, 0.05) is 11.3 Å². The van der Waals surface area contributed by atoms with Crippen LogP contribution in [0.2, 0.25) is 0 Å². The second kappa shape index (κ2) is 3.37. The third kappa shape index (κ3) is 1.58. The minimum absolute atomic E-state index is 0.0216. The number of rotatable bonds is 2. The maximum absolute atomic E-state index is 8.15.